The van der Waals surface area contributed by atoms with Gasteiger partial charge in [0.2, 0.25) is 0 Å². The molecule has 184 valence electrons. The summed E-state index contributed by atoms with van der Waals surface area (Å²) in [5.41, 5.74) is 8.48. The van der Waals surface area contributed by atoms with E-state index >= 15 is 0 Å². The number of nitrogens with one attached hydrogen (secondary N) is 4. The number of para-hydroxylation sites is 2. The molecule has 6 aromatic rings. The van der Waals surface area contributed by atoms with Crippen LogP contribution in [0.4, 0.5) is 45.5 Å². The van der Waals surface area contributed by atoms with E-state index in [4.69, 9.17) is 0 Å². The lowest BCUT2D eigenvalue weighted by Crippen LogP contribution is -1.93. The molecule has 38 heavy (non-hydrogen) atoms. The van der Waals surface area contributed by atoms with Crippen molar-refractivity contribution in [2.75, 3.05) is 21.3 Å². The number of hydrogen-bond acceptors (Lipinski definition) is 4. The Hall–Kier alpha value is -5.22. The van der Waals surface area contributed by atoms with E-state index in [2.05, 4.69) is 130 Å². The van der Waals surface area contributed by atoms with Crippen LogP contribution in [-0.2, 0) is 0 Å². The van der Waals surface area contributed by atoms with Crippen LogP contribution in [0.15, 0.2) is 146 Å². The van der Waals surface area contributed by atoms with Crippen molar-refractivity contribution in [3.63, 3.8) is 0 Å². The zero-order valence-electron chi connectivity index (χ0n) is 20.9. The zero-order valence-corrected chi connectivity index (χ0v) is 20.9. The first-order chi connectivity index (χ1) is 18.8. The van der Waals surface area contributed by atoms with Crippen LogP contribution in [0.2, 0.25) is 0 Å². The highest BCUT2D eigenvalue weighted by Crippen LogP contribution is 2.28. The van der Waals surface area contributed by atoms with Gasteiger partial charge in [-0.3, -0.25) is 0 Å². The van der Waals surface area contributed by atoms with Gasteiger partial charge in [0.25, 0.3) is 0 Å². The highest BCUT2D eigenvalue weighted by molar-refractivity contribution is 5.90. The number of anilines is 8. The van der Waals surface area contributed by atoms with Crippen LogP contribution < -0.4 is 21.3 Å². The first-order valence-electron chi connectivity index (χ1n) is 12.7. The minimum Gasteiger partial charge on any atom is -0.356 e. The van der Waals surface area contributed by atoms with E-state index < -0.39 is 0 Å². The van der Waals surface area contributed by atoms with Crippen LogP contribution in [0.5, 0.6) is 0 Å². The normalized spacial score (nSPS) is 10.6. The van der Waals surface area contributed by atoms with Gasteiger partial charge in [0.15, 0.2) is 0 Å². The molecule has 6 rings (SSSR count). The predicted molar refractivity (Wildman–Crippen MR) is 163 cm³/mol. The van der Waals surface area contributed by atoms with Gasteiger partial charge in [-0.2, -0.15) is 0 Å². The van der Waals surface area contributed by atoms with Gasteiger partial charge in [0, 0.05) is 45.5 Å². The van der Waals surface area contributed by atoms with E-state index in [1.54, 1.807) is 0 Å². The van der Waals surface area contributed by atoms with Gasteiger partial charge in [-0.25, -0.2) is 0 Å². The molecule has 0 amide bonds. The first kappa shape index (κ1) is 23.2. The molecule has 0 fully saturated rings. The largest absolute Gasteiger partial charge is 0.356 e. The Morgan fingerprint density at radius 2 is 0.500 bits per heavy atom. The molecule has 0 saturated heterocycles. The lowest BCUT2D eigenvalue weighted by Gasteiger charge is -2.12. The molecule has 0 aromatic heterocycles. The summed E-state index contributed by atoms with van der Waals surface area (Å²) in [4.78, 5) is 0. The second-order valence-electron chi connectivity index (χ2n) is 9.16. The van der Waals surface area contributed by atoms with E-state index in [1.807, 2.05) is 36.4 Å². The first-order valence-corrected chi connectivity index (χ1v) is 12.7. The van der Waals surface area contributed by atoms with Crippen molar-refractivity contribution in [2.24, 2.45) is 0 Å². The third kappa shape index (κ3) is 5.77. The summed E-state index contributed by atoms with van der Waals surface area (Å²) in [7, 11) is 0. The third-order valence-electron chi connectivity index (χ3n) is 6.31. The fourth-order valence-electron chi connectivity index (χ4n) is 4.38. The summed E-state index contributed by atoms with van der Waals surface area (Å²) < 4.78 is 0. The minimum atomic E-state index is 1.05. The molecule has 4 nitrogen and oxygen atoms in total. The number of hydrogen-bond donors (Lipinski definition) is 4. The Kier molecular flexibility index (Phi) is 6.60. The van der Waals surface area contributed by atoms with Gasteiger partial charge >= 0.3 is 0 Å². The van der Waals surface area contributed by atoms with Crippen LogP contribution in [0.25, 0.3) is 10.8 Å². The average Bonchev–Trinajstić information content (AvgIpc) is 2.96. The van der Waals surface area contributed by atoms with Gasteiger partial charge in [-0.05, 0) is 108 Å². The van der Waals surface area contributed by atoms with Gasteiger partial charge in [0.05, 0.1) is 0 Å². The minimum absolute atomic E-state index is 1.05. The monoisotopic (exact) mass is 492 g/mol. The molecule has 0 heterocycles. The summed E-state index contributed by atoms with van der Waals surface area (Å²) in [6, 6.07) is 49.9. The Bertz CT molecular complexity index is 1500. The summed E-state index contributed by atoms with van der Waals surface area (Å²) in [5, 5.41) is 16.2. The van der Waals surface area contributed by atoms with Crippen molar-refractivity contribution in [1.29, 1.82) is 0 Å². The molecule has 0 saturated carbocycles. The maximum absolute atomic E-state index is 3.51. The van der Waals surface area contributed by atoms with Crippen LogP contribution >= 0.6 is 0 Å². The van der Waals surface area contributed by atoms with Gasteiger partial charge < -0.3 is 21.3 Å². The van der Waals surface area contributed by atoms with Crippen molar-refractivity contribution in [2.45, 2.75) is 0 Å². The van der Waals surface area contributed by atoms with Crippen molar-refractivity contribution < 1.29 is 0 Å². The SMILES string of the molecule is c1ccc(Nc2ccc(Nc3ccc4cc(Nc5ccc(Nc6ccccc6)cc5)ccc4c3)cc2)cc1. The average molecular weight is 493 g/mol. The molecule has 0 atom stereocenters. The maximum atomic E-state index is 3.51. The smallest absolute Gasteiger partial charge is 0.0390 e. The van der Waals surface area contributed by atoms with Crippen molar-refractivity contribution >= 4 is 56.3 Å². The lowest BCUT2D eigenvalue weighted by molar-refractivity contribution is 1.52. The third-order valence-corrected chi connectivity index (χ3v) is 6.31. The second kappa shape index (κ2) is 10.8. The van der Waals surface area contributed by atoms with Gasteiger partial charge in [0.1, 0.15) is 0 Å². The van der Waals surface area contributed by atoms with Crippen LogP contribution in [-0.4, -0.2) is 0 Å². The van der Waals surface area contributed by atoms with Crippen molar-refractivity contribution in [1.82, 2.24) is 0 Å². The fourth-order valence-corrected chi connectivity index (χ4v) is 4.38. The Labute approximate surface area is 223 Å². The molecular formula is C34H28N4. The zero-order chi connectivity index (χ0) is 25.6. The maximum Gasteiger partial charge on any atom is 0.0390 e. The van der Waals surface area contributed by atoms with Gasteiger partial charge in [-0.1, -0.05) is 48.5 Å². The lowest BCUT2D eigenvalue weighted by atomic mass is 10.1. The molecule has 0 bridgehead atoms. The summed E-state index contributed by atoms with van der Waals surface area (Å²) in [6.07, 6.45) is 0. The number of rotatable bonds is 8. The van der Waals surface area contributed by atoms with Crippen molar-refractivity contribution in [3.8, 4) is 0 Å². The summed E-state index contributed by atoms with van der Waals surface area (Å²) in [6.45, 7) is 0. The predicted octanol–water partition coefficient (Wildman–Crippen LogP) is 9.81. The van der Waals surface area contributed by atoms with Crippen LogP contribution in [0.1, 0.15) is 0 Å². The summed E-state index contributed by atoms with van der Waals surface area (Å²) in [5.74, 6) is 0. The summed E-state index contributed by atoms with van der Waals surface area (Å²) >= 11 is 0. The van der Waals surface area contributed by atoms with E-state index in [1.165, 1.54) is 10.8 Å². The molecule has 4 N–H and O–H groups in total. The molecule has 6 aromatic carbocycles. The molecule has 0 aliphatic heterocycles. The molecule has 0 aliphatic carbocycles. The molecule has 0 unspecified atom stereocenters. The van der Waals surface area contributed by atoms with Gasteiger partial charge in [-0.15, -0.1) is 0 Å². The Morgan fingerprint density at radius 1 is 0.237 bits per heavy atom. The van der Waals surface area contributed by atoms with E-state index in [-0.39, 0.29) is 0 Å². The van der Waals surface area contributed by atoms with E-state index in [0.717, 1.165) is 45.5 Å². The topological polar surface area (TPSA) is 48.1 Å². The second-order valence-corrected chi connectivity index (χ2v) is 9.16. The van der Waals surface area contributed by atoms with Crippen LogP contribution in [0.3, 0.4) is 0 Å². The highest BCUT2D eigenvalue weighted by atomic mass is 14.9. The molecule has 0 aliphatic rings. The quantitative estimate of drug-likeness (QED) is 0.171. The van der Waals surface area contributed by atoms with E-state index in [0.29, 0.717) is 0 Å². The number of fused-ring (bicyclic) bond motifs is 1. The molecule has 0 radical (unpaired) electrons. The fraction of sp³-hybridized carbons (Fsp3) is 0. The van der Waals surface area contributed by atoms with Crippen LogP contribution in [0, 0.1) is 0 Å². The standard InChI is InChI=1S/C34H28N4/c1-3-7-27(8-4-1)35-29-15-19-31(20-16-29)37-33-13-11-26-24-34(14-12-25(26)23-33)38-32-21-17-30(18-22-32)36-28-9-5-2-6-10-28/h1-24,35-38H. The molecule has 0 spiro atoms. The highest BCUT2D eigenvalue weighted by Gasteiger charge is 2.02. The Morgan fingerprint density at radius 3 is 0.842 bits per heavy atom. The number of benzene rings is 6. The molecule has 4 heteroatoms. The van der Waals surface area contributed by atoms with Crippen molar-refractivity contribution in [3.05, 3.63) is 146 Å². The van der Waals surface area contributed by atoms with E-state index in [9.17, 15) is 0 Å². The Balaban J connectivity index is 1.09. The molecular weight excluding hydrogens is 464 g/mol.